The lowest BCUT2D eigenvalue weighted by atomic mass is 10.1. The maximum Gasteiger partial charge on any atom is 0.175 e. The minimum absolute atomic E-state index is 0.643. The Kier molecular flexibility index (Phi) is 3.02. The third-order valence-electron chi connectivity index (χ3n) is 1.98. The first-order chi connectivity index (χ1) is 5.33. The van der Waals surface area contributed by atoms with Crippen molar-refractivity contribution in [2.24, 2.45) is 0 Å². The number of carbonyl (C=O) groups is 1. The van der Waals surface area contributed by atoms with Gasteiger partial charge < -0.3 is 4.74 Å². The first kappa shape index (κ1) is 8.68. The summed E-state index contributed by atoms with van der Waals surface area (Å²) in [4.78, 5) is 10.6. The number of ether oxygens (including phenoxy) is 1. The third kappa shape index (κ3) is 2.01. The molecule has 1 fully saturated rings. The Morgan fingerprint density at radius 3 is 3.00 bits per heavy atom. The summed E-state index contributed by atoms with van der Waals surface area (Å²) < 4.78 is 5.31. The van der Waals surface area contributed by atoms with Crippen molar-refractivity contribution in [3.05, 3.63) is 0 Å². The highest BCUT2D eigenvalue weighted by Crippen LogP contribution is 2.16. The van der Waals surface area contributed by atoms with Crippen molar-refractivity contribution in [3.8, 4) is 0 Å². The predicted octanol–water partition coefficient (Wildman–Crippen LogP) is 0.692. The van der Waals surface area contributed by atoms with Gasteiger partial charge in [-0.15, -0.1) is 0 Å². The van der Waals surface area contributed by atoms with E-state index >= 15 is 0 Å². The zero-order valence-electron chi connectivity index (χ0n) is 6.93. The Morgan fingerprint density at radius 2 is 2.55 bits per heavy atom. The Morgan fingerprint density at radius 1 is 1.73 bits per heavy atom. The molecule has 0 bridgehead atoms. The molecule has 1 heterocycles. The molecule has 3 heteroatoms. The Balaban J connectivity index is 2.39. The smallest absolute Gasteiger partial charge is 0.175 e. The largest absolute Gasteiger partial charge is 0.352 e. The second-order valence-electron chi connectivity index (χ2n) is 2.89. The number of carbonyl (C=O) groups excluding carboxylic acids is 1. The molecule has 64 valence electrons. The van der Waals surface area contributed by atoms with Crippen molar-refractivity contribution in [3.63, 3.8) is 0 Å². The first-order valence-electron chi connectivity index (χ1n) is 4.18. The monoisotopic (exact) mass is 157 g/mol. The van der Waals surface area contributed by atoms with Gasteiger partial charge in [0.15, 0.2) is 12.0 Å². The fraction of sp³-hybridized carbons (Fsp3) is 0.875. The van der Waals surface area contributed by atoms with E-state index in [1.165, 1.54) is 0 Å². The van der Waals surface area contributed by atoms with Crippen LogP contribution in [0.3, 0.4) is 0 Å². The van der Waals surface area contributed by atoms with Crippen LogP contribution in [0.5, 0.6) is 0 Å². The van der Waals surface area contributed by atoms with E-state index in [1.807, 2.05) is 0 Å². The van der Waals surface area contributed by atoms with E-state index < -0.39 is 5.72 Å². The minimum atomic E-state index is -0.643. The molecule has 0 aromatic heterocycles. The normalized spacial score (nSPS) is 30.6. The first-order valence-corrected chi connectivity index (χ1v) is 4.18. The predicted molar refractivity (Wildman–Crippen MR) is 42.3 cm³/mol. The lowest BCUT2D eigenvalue weighted by Crippen LogP contribution is -2.42. The fourth-order valence-electron chi connectivity index (χ4n) is 1.28. The van der Waals surface area contributed by atoms with Gasteiger partial charge in [-0.25, -0.2) is 0 Å². The molecule has 1 aliphatic heterocycles. The standard InChI is InChI=1S/C8H15NO2/c1-2-3-4-8(7-10)9-5-6-11-8/h7,9H,2-6H2,1H3. The van der Waals surface area contributed by atoms with Gasteiger partial charge in [0.1, 0.15) is 0 Å². The third-order valence-corrected chi connectivity index (χ3v) is 1.98. The molecule has 0 saturated carbocycles. The van der Waals surface area contributed by atoms with E-state index in [4.69, 9.17) is 4.74 Å². The van der Waals surface area contributed by atoms with Crippen molar-refractivity contribution >= 4 is 6.29 Å². The van der Waals surface area contributed by atoms with Crippen LogP contribution in [0.1, 0.15) is 26.2 Å². The quantitative estimate of drug-likeness (QED) is 0.610. The van der Waals surface area contributed by atoms with E-state index in [2.05, 4.69) is 12.2 Å². The maximum absolute atomic E-state index is 10.6. The van der Waals surface area contributed by atoms with Gasteiger partial charge in [-0.05, 0) is 12.8 Å². The summed E-state index contributed by atoms with van der Waals surface area (Å²) in [6.45, 7) is 3.55. The summed E-state index contributed by atoms with van der Waals surface area (Å²) in [5.74, 6) is 0. The fourth-order valence-corrected chi connectivity index (χ4v) is 1.28. The molecule has 1 atom stereocenters. The summed E-state index contributed by atoms with van der Waals surface area (Å²) in [7, 11) is 0. The van der Waals surface area contributed by atoms with Gasteiger partial charge in [-0.3, -0.25) is 10.1 Å². The summed E-state index contributed by atoms with van der Waals surface area (Å²) in [6, 6.07) is 0. The molecule has 0 aliphatic carbocycles. The van der Waals surface area contributed by atoms with E-state index in [9.17, 15) is 4.79 Å². The average molecular weight is 157 g/mol. The molecule has 0 amide bonds. The number of aldehydes is 1. The van der Waals surface area contributed by atoms with Gasteiger partial charge in [0.2, 0.25) is 0 Å². The second kappa shape index (κ2) is 3.83. The van der Waals surface area contributed by atoms with Crippen LogP contribution >= 0.6 is 0 Å². The number of hydrogen-bond acceptors (Lipinski definition) is 3. The van der Waals surface area contributed by atoms with Gasteiger partial charge in [0.05, 0.1) is 6.61 Å². The van der Waals surface area contributed by atoms with Gasteiger partial charge in [-0.1, -0.05) is 13.3 Å². The van der Waals surface area contributed by atoms with E-state index in [1.54, 1.807) is 0 Å². The molecule has 1 N–H and O–H groups in total. The van der Waals surface area contributed by atoms with Crippen LogP contribution in [0.2, 0.25) is 0 Å². The molecular weight excluding hydrogens is 142 g/mol. The van der Waals surface area contributed by atoms with Crippen LogP contribution in [-0.2, 0) is 9.53 Å². The molecule has 3 nitrogen and oxygen atoms in total. The Labute approximate surface area is 67.1 Å². The molecule has 1 aliphatic rings. The van der Waals surface area contributed by atoms with Crippen molar-refractivity contribution in [2.75, 3.05) is 13.2 Å². The molecule has 1 saturated heterocycles. The summed E-state index contributed by atoms with van der Waals surface area (Å²) in [5.41, 5.74) is -0.643. The summed E-state index contributed by atoms with van der Waals surface area (Å²) in [5, 5.41) is 3.06. The molecule has 1 rings (SSSR count). The zero-order valence-corrected chi connectivity index (χ0v) is 6.93. The molecule has 1 unspecified atom stereocenters. The van der Waals surface area contributed by atoms with Gasteiger partial charge in [0, 0.05) is 6.54 Å². The van der Waals surface area contributed by atoms with Crippen LogP contribution in [0, 0.1) is 0 Å². The van der Waals surface area contributed by atoms with Crippen molar-refractivity contribution in [1.29, 1.82) is 0 Å². The number of unbranched alkanes of at least 4 members (excludes halogenated alkanes) is 1. The minimum Gasteiger partial charge on any atom is -0.352 e. The van der Waals surface area contributed by atoms with Crippen LogP contribution < -0.4 is 5.32 Å². The molecule has 0 radical (unpaired) electrons. The molecular formula is C8H15NO2. The highest BCUT2D eigenvalue weighted by molar-refractivity contribution is 5.62. The second-order valence-corrected chi connectivity index (χ2v) is 2.89. The number of rotatable bonds is 4. The zero-order chi connectivity index (χ0) is 8.16. The highest BCUT2D eigenvalue weighted by Gasteiger charge is 2.33. The van der Waals surface area contributed by atoms with Gasteiger partial charge >= 0.3 is 0 Å². The molecule has 0 aromatic rings. The van der Waals surface area contributed by atoms with Gasteiger partial charge in [0.25, 0.3) is 0 Å². The van der Waals surface area contributed by atoms with Crippen LogP contribution in [0.4, 0.5) is 0 Å². The van der Waals surface area contributed by atoms with E-state index in [0.717, 1.165) is 32.1 Å². The topological polar surface area (TPSA) is 38.3 Å². The van der Waals surface area contributed by atoms with Gasteiger partial charge in [-0.2, -0.15) is 0 Å². The van der Waals surface area contributed by atoms with E-state index in [0.29, 0.717) is 6.61 Å². The SMILES string of the molecule is CCCCC1(C=O)NCCO1. The lowest BCUT2D eigenvalue weighted by molar-refractivity contribution is -0.128. The van der Waals surface area contributed by atoms with Crippen molar-refractivity contribution in [1.82, 2.24) is 5.32 Å². The summed E-state index contributed by atoms with van der Waals surface area (Å²) in [6.07, 6.45) is 3.81. The number of hydrogen-bond donors (Lipinski definition) is 1. The lowest BCUT2D eigenvalue weighted by Gasteiger charge is -2.20. The maximum atomic E-state index is 10.6. The average Bonchev–Trinajstić information content (AvgIpc) is 2.50. The molecule has 0 aromatic carbocycles. The molecule has 11 heavy (non-hydrogen) atoms. The van der Waals surface area contributed by atoms with Crippen molar-refractivity contribution in [2.45, 2.75) is 31.9 Å². The highest BCUT2D eigenvalue weighted by atomic mass is 16.5. The van der Waals surface area contributed by atoms with Crippen LogP contribution in [0.25, 0.3) is 0 Å². The van der Waals surface area contributed by atoms with Crippen LogP contribution in [-0.4, -0.2) is 25.2 Å². The van der Waals surface area contributed by atoms with E-state index in [-0.39, 0.29) is 0 Å². The van der Waals surface area contributed by atoms with Crippen molar-refractivity contribution < 1.29 is 9.53 Å². The Hall–Kier alpha value is -0.410. The Bertz CT molecular complexity index is 130. The molecule has 0 spiro atoms. The van der Waals surface area contributed by atoms with Crippen LogP contribution in [0.15, 0.2) is 0 Å². The number of nitrogens with one attached hydrogen (secondary N) is 1. The summed E-state index contributed by atoms with van der Waals surface area (Å²) >= 11 is 0.